The van der Waals surface area contributed by atoms with E-state index in [1.807, 2.05) is 6.08 Å². The molecule has 2 heteroatoms. The summed E-state index contributed by atoms with van der Waals surface area (Å²) in [6, 6.07) is 2.50. The first kappa shape index (κ1) is 18.6. The summed E-state index contributed by atoms with van der Waals surface area (Å²) in [5.41, 5.74) is 2.83. The maximum atomic E-state index is 13.8. The Morgan fingerprint density at radius 2 is 1.64 bits per heavy atom. The van der Waals surface area contributed by atoms with Crippen LogP contribution in [0.3, 0.4) is 0 Å². The Morgan fingerprint density at radius 3 is 2.36 bits per heavy atom. The average Bonchev–Trinajstić information content (AvgIpc) is 2.61. The quantitative estimate of drug-likeness (QED) is 0.449. The van der Waals surface area contributed by atoms with Crippen LogP contribution in [0.2, 0.25) is 0 Å². The van der Waals surface area contributed by atoms with E-state index in [-0.39, 0.29) is 5.82 Å². The second-order valence-corrected chi connectivity index (χ2v) is 8.18. The first-order valence-corrected chi connectivity index (χ1v) is 10.3. The highest BCUT2D eigenvalue weighted by atomic mass is 19.1. The molecular formula is C23H32F2. The van der Waals surface area contributed by atoms with Gasteiger partial charge in [0.05, 0.1) is 0 Å². The van der Waals surface area contributed by atoms with Crippen LogP contribution in [0.15, 0.2) is 17.7 Å². The van der Waals surface area contributed by atoms with E-state index in [0.717, 1.165) is 42.7 Å². The molecule has 0 saturated heterocycles. The van der Waals surface area contributed by atoms with Gasteiger partial charge in [-0.25, -0.2) is 8.78 Å². The highest BCUT2D eigenvalue weighted by Crippen LogP contribution is 2.36. The number of hydrogen-bond donors (Lipinski definition) is 0. The summed E-state index contributed by atoms with van der Waals surface area (Å²) in [6.45, 7) is 2.28. The molecule has 25 heavy (non-hydrogen) atoms. The van der Waals surface area contributed by atoms with Gasteiger partial charge in [0.2, 0.25) is 0 Å². The predicted octanol–water partition coefficient (Wildman–Crippen LogP) is 7.46. The van der Waals surface area contributed by atoms with E-state index < -0.39 is 5.82 Å². The Morgan fingerprint density at radius 1 is 0.920 bits per heavy atom. The lowest BCUT2D eigenvalue weighted by Gasteiger charge is -2.29. The lowest BCUT2D eigenvalue weighted by atomic mass is 9.77. The lowest BCUT2D eigenvalue weighted by molar-refractivity contribution is 0.249. The molecule has 0 unspecified atom stereocenters. The van der Waals surface area contributed by atoms with Gasteiger partial charge < -0.3 is 0 Å². The molecule has 1 aromatic rings. The van der Waals surface area contributed by atoms with Gasteiger partial charge in [0.1, 0.15) is 11.6 Å². The number of halogens is 2. The maximum Gasteiger partial charge on any atom is 0.129 e. The van der Waals surface area contributed by atoms with Crippen molar-refractivity contribution < 1.29 is 8.78 Å². The number of hydrogen-bond acceptors (Lipinski definition) is 0. The molecule has 1 aromatic carbocycles. The smallest absolute Gasteiger partial charge is 0.129 e. The molecule has 0 heterocycles. The fraction of sp³-hybridized carbons (Fsp3) is 0.652. The largest absolute Gasteiger partial charge is 0.207 e. The number of unbranched alkanes of at least 4 members (excludes halogenated alkanes) is 2. The Balaban J connectivity index is 1.46. The van der Waals surface area contributed by atoms with Crippen LogP contribution in [0.25, 0.3) is 6.08 Å². The summed E-state index contributed by atoms with van der Waals surface area (Å²) >= 11 is 0. The molecule has 0 spiro atoms. The van der Waals surface area contributed by atoms with E-state index in [2.05, 4.69) is 6.92 Å². The van der Waals surface area contributed by atoms with Crippen LogP contribution in [-0.4, -0.2) is 0 Å². The number of fused-ring (bicyclic) bond motifs is 1. The van der Waals surface area contributed by atoms with E-state index >= 15 is 0 Å². The predicted molar refractivity (Wildman–Crippen MR) is 101 cm³/mol. The third-order valence-electron chi connectivity index (χ3n) is 6.31. The summed E-state index contributed by atoms with van der Waals surface area (Å²) in [7, 11) is 0. The Bertz CT molecular complexity index is 594. The molecule has 0 radical (unpaired) electrons. The van der Waals surface area contributed by atoms with E-state index in [0.29, 0.717) is 5.56 Å². The molecule has 0 bridgehead atoms. The summed E-state index contributed by atoms with van der Waals surface area (Å²) in [6.07, 6.45) is 17.2. The molecule has 0 atom stereocenters. The van der Waals surface area contributed by atoms with Crippen molar-refractivity contribution in [1.82, 2.24) is 0 Å². The Labute approximate surface area is 151 Å². The van der Waals surface area contributed by atoms with Crippen LogP contribution in [0.1, 0.15) is 88.7 Å². The van der Waals surface area contributed by atoms with E-state index in [4.69, 9.17) is 0 Å². The number of rotatable bonds is 7. The van der Waals surface area contributed by atoms with E-state index in [9.17, 15) is 8.78 Å². The van der Waals surface area contributed by atoms with Crippen LogP contribution in [-0.2, 0) is 6.42 Å². The molecule has 0 amide bonds. The monoisotopic (exact) mass is 346 g/mol. The molecule has 1 fully saturated rings. The molecule has 0 aromatic heterocycles. The SMILES string of the molecule is CCCCCC1CCC(CCC2=Cc3cc(F)cc(F)c3CC2)CC1. The first-order valence-electron chi connectivity index (χ1n) is 10.3. The van der Waals surface area contributed by atoms with Crippen LogP contribution < -0.4 is 0 Å². The van der Waals surface area contributed by atoms with Gasteiger partial charge in [-0.15, -0.1) is 0 Å². The summed E-state index contributed by atoms with van der Waals surface area (Å²) < 4.78 is 27.3. The average molecular weight is 347 g/mol. The standard InChI is InChI=1S/C23H32F2/c1-2-3-4-5-17-6-8-18(9-7-17)10-11-19-12-13-22-20(14-19)15-21(24)16-23(22)25/h14-18H,2-13H2,1H3. The van der Waals surface area contributed by atoms with Crippen molar-refractivity contribution in [2.24, 2.45) is 11.8 Å². The van der Waals surface area contributed by atoms with Crippen LogP contribution in [0, 0.1) is 23.5 Å². The zero-order valence-corrected chi connectivity index (χ0v) is 15.6. The van der Waals surface area contributed by atoms with Crippen molar-refractivity contribution in [3.8, 4) is 0 Å². The van der Waals surface area contributed by atoms with Gasteiger partial charge in [-0.05, 0) is 54.7 Å². The van der Waals surface area contributed by atoms with Crippen molar-refractivity contribution >= 4 is 6.08 Å². The van der Waals surface area contributed by atoms with Gasteiger partial charge >= 0.3 is 0 Å². The maximum absolute atomic E-state index is 13.8. The second-order valence-electron chi connectivity index (χ2n) is 8.18. The van der Waals surface area contributed by atoms with Gasteiger partial charge in [0.25, 0.3) is 0 Å². The summed E-state index contributed by atoms with van der Waals surface area (Å²) in [5, 5.41) is 0. The molecule has 3 rings (SSSR count). The van der Waals surface area contributed by atoms with Gasteiger partial charge in [-0.3, -0.25) is 0 Å². The van der Waals surface area contributed by atoms with Crippen molar-refractivity contribution in [2.75, 3.05) is 0 Å². The zero-order chi connectivity index (χ0) is 17.6. The third-order valence-corrected chi connectivity index (χ3v) is 6.31. The molecule has 0 N–H and O–H groups in total. The lowest BCUT2D eigenvalue weighted by Crippen LogP contribution is -2.15. The number of allylic oxidation sites excluding steroid dienone is 1. The molecule has 2 aliphatic carbocycles. The highest BCUT2D eigenvalue weighted by Gasteiger charge is 2.22. The minimum Gasteiger partial charge on any atom is -0.207 e. The molecular weight excluding hydrogens is 314 g/mol. The molecule has 0 nitrogen and oxygen atoms in total. The molecule has 138 valence electrons. The Hall–Kier alpha value is -1.18. The summed E-state index contributed by atoms with van der Waals surface area (Å²) in [5.74, 6) is 0.977. The minimum absolute atomic E-state index is 0.383. The molecule has 0 aliphatic heterocycles. The fourth-order valence-corrected chi connectivity index (χ4v) is 4.67. The Kier molecular flexibility index (Phi) is 6.67. The van der Waals surface area contributed by atoms with Crippen molar-refractivity contribution in [3.05, 3.63) is 40.5 Å². The summed E-state index contributed by atoms with van der Waals surface area (Å²) in [4.78, 5) is 0. The zero-order valence-electron chi connectivity index (χ0n) is 15.6. The second kappa shape index (κ2) is 8.96. The van der Waals surface area contributed by atoms with Crippen LogP contribution in [0.5, 0.6) is 0 Å². The highest BCUT2D eigenvalue weighted by molar-refractivity contribution is 5.60. The number of benzene rings is 1. The third kappa shape index (κ3) is 5.15. The van der Waals surface area contributed by atoms with Crippen LogP contribution in [0.4, 0.5) is 8.78 Å². The van der Waals surface area contributed by atoms with Gasteiger partial charge in [0.15, 0.2) is 0 Å². The fourth-order valence-electron chi connectivity index (χ4n) is 4.67. The molecule has 2 aliphatic rings. The minimum atomic E-state index is -0.463. The first-order chi connectivity index (χ1) is 12.2. The van der Waals surface area contributed by atoms with Crippen molar-refractivity contribution in [2.45, 2.75) is 84.0 Å². The topological polar surface area (TPSA) is 0 Å². The van der Waals surface area contributed by atoms with Crippen molar-refractivity contribution in [3.63, 3.8) is 0 Å². The molecule has 1 saturated carbocycles. The van der Waals surface area contributed by atoms with Gasteiger partial charge in [-0.1, -0.05) is 69.9 Å². The van der Waals surface area contributed by atoms with Crippen LogP contribution >= 0.6 is 0 Å². The van der Waals surface area contributed by atoms with E-state index in [1.165, 1.54) is 69.4 Å². The van der Waals surface area contributed by atoms with E-state index in [1.54, 1.807) is 0 Å². The normalized spacial score (nSPS) is 23.2. The van der Waals surface area contributed by atoms with Gasteiger partial charge in [0, 0.05) is 6.07 Å². The van der Waals surface area contributed by atoms with Crippen molar-refractivity contribution in [1.29, 1.82) is 0 Å². The van der Waals surface area contributed by atoms with Gasteiger partial charge in [-0.2, -0.15) is 0 Å².